The summed E-state index contributed by atoms with van der Waals surface area (Å²) < 4.78 is 1.94. The molecule has 0 bridgehead atoms. The minimum Gasteiger partial charge on any atom is -0.368 e. The molecule has 0 saturated heterocycles. The molecule has 0 aliphatic rings. The summed E-state index contributed by atoms with van der Waals surface area (Å²) >= 11 is 1.31. The molecule has 0 fully saturated rings. The number of nitrogens with one attached hydrogen (secondary N) is 1. The van der Waals surface area contributed by atoms with Crippen molar-refractivity contribution in [3.8, 4) is 5.69 Å². The Morgan fingerprint density at radius 2 is 2.14 bits per heavy atom. The average Bonchev–Trinajstić information content (AvgIpc) is 2.93. The second-order valence-corrected chi connectivity index (χ2v) is 5.79. The van der Waals surface area contributed by atoms with E-state index in [4.69, 9.17) is 5.73 Å². The third kappa shape index (κ3) is 3.88. The molecule has 0 radical (unpaired) electrons. The van der Waals surface area contributed by atoms with Crippen LogP contribution in [0.1, 0.15) is 12.5 Å². The molecular formula is C15H18N4O2S. The van der Waals surface area contributed by atoms with Crippen LogP contribution in [-0.4, -0.2) is 33.2 Å². The zero-order valence-corrected chi connectivity index (χ0v) is 13.3. The lowest BCUT2D eigenvalue weighted by molar-refractivity contribution is -0.125. The molecule has 0 aliphatic carbocycles. The molecule has 1 atom stereocenters. The number of carbonyl (C=O) groups is 2. The summed E-state index contributed by atoms with van der Waals surface area (Å²) in [5, 5.41) is 3.26. The maximum atomic E-state index is 11.8. The number of aromatic nitrogens is 2. The molecule has 0 saturated carbocycles. The number of hydrogen-bond acceptors (Lipinski definition) is 4. The highest BCUT2D eigenvalue weighted by atomic mass is 32.2. The lowest BCUT2D eigenvalue weighted by Gasteiger charge is -2.11. The fraction of sp³-hybridized carbons (Fsp3) is 0.267. The second-order valence-electron chi connectivity index (χ2n) is 4.85. The molecule has 3 N–H and O–H groups in total. The number of thioether (sulfide) groups is 1. The van der Waals surface area contributed by atoms with E-state index in [0.29, 0.717) is 0 Å². The van der Waals surface area contributed by atoms with Gasteiger partial charge in [0.25, 0.3) is 0 Å². The van der Waals surface area contributed by atoms with Crippen LogP contribution in [0.2, 0.25) is 0 Å². The number of hydrogen-bond donors (Lipinski definition) is 2. The SMILES string of the molecule is Cc1ccccc1-n1ccnc1SCC(=O)NC(C)C(N)=O. The van der Waals surface area contributed by atoms with Gasteiger partial charge in [-0.05, 0) is 25.5 Å². The van der Waals surface area contributed by atoms with Gasteiger partial charge in [0.15, 0.2) is 5.16 Å². The van der Waals surface area contributed by atoms with Crippen molar-refractivity contribution in [2.45, 2.75) is 25.0 Å². The normalized spacial score (nSPS) is 11.9. The van der Waals surface area contributed by atoms with E-state index in [1.165, 1.54) is 11.8 Å². The van der Waals surface area contributed by atoms with Crippen molar-refractivity contribution in [3.63, 3.8) is 0 Å². The monoisotopic (exact) mass is 318 g/mol. The third-order valence-electron chi connectivity index (χ3n) is 3.12. The summed E-state index contributed by atoms with van der Waals surface area (Å²) in [5.74, 6) is -0.643. The largest absolute Gasteiger partial charge is 0.368 e. The van der Waals surface area contributed by atoms with Gasteiger partial charge in [-0.3, -0.25) is 14.2 Å². The van der Waals surface area contributed by atoms with Crippen LogP contribution in [0.3, 0.4) is 0 Å². The molecule has 2 amide bonds. The van der Waals surface area contributed by atoms with E-state index >= 15 is 0 Å². The highest BCUT2D eigenvalue weighted by molar-refractivity contribution is 7.99. The first-order valence-corrected chi connectivity index (χ1v) is 7.78. The quantitative estimate of drug-likeness (QED) is 0.785. The summed E-state index contributed by atoms with van der Waals surface area (Å²) in [6, 6.07) is 7.27. The van der Waals surface area contributed by atoms with E-state index in [-0.39, 0.29) is 11.7 Å². The number of rotatable bonds is 6. The maximum Gasteiger partial charge on any atom is 0.239 e. The van der Waals surface area contributed by atoms with Crippen molar-refractivity contribution < 1.29 is 9.59 Å². The number of nitrogens with zero attached hydrogens (tertiary/aromatic N) is 2. The Morgan fingerprint density at radius 3 is 2.82 bits per heavy atom. The van der Waals surface area contributed by atoms with Gasteiger partial charge in [0.05, 0.1) is 11.4 Å². The molecule has 2 aromatic rings. The second kappa shape index (κ2) is 7.13. The number of para-hydroxylation sites is 1. The van der Waals surface area contributed by atoms with Gasteiger partial charge in [-0.2, -0.15) is 0 Å². The van der Waals surface area contributed by atoms with Gasteiger partial charge in [-0.1, -0.05) is 30.0 Å². The number of imidazole rings is 1. The van der Waals surface area contributed by atoms with E-state index in [1.54, 1.807) is 13.1 Å². The molecular weight excluding hydrogens is 300 g/mol. The predicted molar refractivity (Wildman–Crippen MR) is 85.8 cm³/mol. The molecule has 1 aromatic carbocycles. The van der Waals surface area contributed by atoms with Crippen molar-refractivity contribution >= 4 is 23.6 Å². The Kier molecular flexibility index (Phi) is 5.21. The Labute approximate surface area is 133 Å². The van der Waals surface area contributed by atoms with Crippen LogP contribution < -0.4 is 11.1 Å². The van der Waals surface area contributed by atoms with Gasteiger partial charge in [-0.15, -0.1) is 0 Å². The van der Waals surface area contributed by atoms with Crippen molar-refractivity contribution in [1.29, 1.82) is 0 Å². The molecule has 1 aromatic heterocycles. The first kappa shape index (κ1) is 16.1. The average molecular weight is 318 g/mol. The number of primary amides is 1. The smallest absolute Gasteiger partial charge is 0.239 e. The number of carbonyl (C=O) groups excluding carboxylic acids is 2. The summed E-state index contributed by atoms with van der Waals surface area (Å²) in [7, 11) is 0. The first-order valence-electron chi connectivity index (χ1n) is 6.80. The van der Waals surface area contributed by atoms with Crippen LogP contribution in [0.15, 0.2) is 41.8 Å². The zero-order chi connectivity index (χ0) is 16.1. The van der Waals surface area contributed by atoms with Crippen LogP contribution in [0.25, 0.3) is 5.69 Å². The van der Waals surface area contributed by atoms with Crippen LogP contribution in [0.4, 0.5) is 0 Å². The molecule has 116 valence electrons. The van der Waals surface area contributed by atoms with Crippen molar-refractivity contribution in [2.75, 3.05) is 5.75 Å². The molecule has 7 heteroatoms. The summed E-state index contributed by atoms with van der Waals surface area (Å²) in [6.45, 7) is 3.57. The number of aryl methyl sites for hydroxylation is 1. The summed E-state index contributed by atoms with van der Waals surface area (Å²) in [5.41, 5.74) is 7.26. The lowest BCUT2D eigenvalue weighted by atomic mass is 10.2. The van der Waals surface area contributed by atoms with E-state index < -0.39 is 11.9 Å². The topological polar surface area (TPSA) is 90.0 Å². The zero-order valence-electron chi connectivity index (χ0n) is 12.4. The summed E-state index contributed by atoms with van der Waals surface area (Å²) in [6.07, 6.45) is 3.55. The van der Waals surface area contributed by atoms with E-state index in [1.807, 2.05) is 42.0 Å². The van der Waals surface area contributed by atoms with E-state index in [2.05, 4.69) is 10.3 Å². The molecule has 0 spiro atoms. The third-order valence-corrected chi connectivity index (χ3v) is 4.09. The van der Waals surface area contributed by atoms with Crippen molar-refractivity contribution in [2.24, 2.45) is 5.73 Å². The predicted octanol–water partition coefficient (Wildman–Crippen LogP) is 1.26. The summed E-state index contributed by atoms with van der Waals surface area (Å²) in [4.78, 5) is 27.0. The van der Waals surface area contributed by atoms with Crippen LogP contribution in [0, 0.1) is 6.92 Å². The van der Waals surface area contributed by atoms with Gasteiger partial charge in [0, 0.05) is 12.4 Å². The van der Waals surface area contributed by atoms with Gasteiger partial charge < -0.3 is 11.1 Å². The Hall–Kier alpha value is -2.28. The van der Waals surface area contributed by atoms with E-state index in [9.17, 15) is 9.59 Å². The number of benzene rings is 1. The number of nitrogens with two attached hydrogens (primary N) is 1. The Bertz CT molecular complexity index is 684. The molecule has 6 nitrogen and oxygen atoms in total. The highest BCUT2D eigenvalue weighted by Gasteiger charge is 2.14. The Balaban J connectivity index is 2.04. The van der Waals surface area contributed by atoms with Crippen molar-refractivity contribution in [1.82, 2.24) is 14.9 Å². The minimum atomic E-state index is -0.677. The fourth-order valence-electron chi connectivity index (χ4n) is 1.90. The highest BCUT2D eigenvalue weighted by Crippen LogP contribution is 2.22. The molecule has 2 rings (SSSR count). The number of amides is 2. The van der Waals surface area contributed by atoms with Gasteiger partial charge in [0.2, 0.25) is 11.8 Å². The van der Waals surface area contributed by atoms with Crippen molar-refractivity contribution in [3.05, 3.63) is 42.2 Å². The van der Waals surface area contributed by atoms with Crippen LogP contribution in [0.5, 0.6) is 0 Å². The molecule has 1 unspecified atom stereocenters. The lowest BCUT2D eigenvalue weighted by Crippen LogP contribution is -2.42. The minimum absolute atomic E-state index is 0.167. The van der Waals surface area contributed by atoms with E-state index in [0.717, 1.165) is 16.4 Å². The van der Waals surface area contributed by atoms with Gasteiger partial charge >= 0.3 is 0 Å². The Morgan fingerprint density at radius 1 is 1.41 bits per heavy atom. The molecule has 0 aliphatic heterocycles. The first-order chi connectivity index (χ1) is 10.5. The molecule has 22 heavy (non-hydrogen) atoms. The fourth-order valence-corrected chi connectivity index (χ4v) is 2.68. The standard InChI is InChI=1S/C15H18N4O2S/c1-10-5-3-4-6-12(10)19-8-7-17-15(19)22-9-13(20)18-11(2)14(16)21/h3-8,11H,9H2,1-2H3,(H2,16,21)(H,18,20). The van der Waals surface area contributed by atoms with Crippen LogP contribution in [-0.2, 0) is 9.59 Å². The maximum absolute atomic E-state index is 11.8. The van der Waals surface area contributed by atoms with Gasteiger partial charge in [-0.25, -0.2) is 4.98 Å². The van der Waals surface area contributed by atoms with Gasteiger partial charge in [0.1, 0.15) is 6.04 Å². The molecule has 1 heterocycles. The van der Waals surface area contributed by atoms with Crippen LogP contribution >= 0.6 is 11.8 Å².